The first-order chi connectivity index (χ1) is 9.10. The fourth-order valence-corrected chi connectivity index (χ4v) is 2.36. The Labute approximate surface area is 113 Å². The molecule has 0 bridgehead atoms. The van der Waals surface area contributed by atoms with Gasteiger partial charge in [-0.2, -0.15) is 0 Å². The molecule has 0 saturated carbocycles. The van der Waals surface area contributed by atoms with E-state index in [0.29, 0.717) is 0 Å². The van der Waals surface area contributed by atoms with Gasteiger partial charge in [0.2, 0.25) is 0 Å². The highest BCUT2D eigenvalue weighted by Crippen LogP contribution is 2.17. The molecular formula is C13H22N4O2. The number of nitrogens with one attached hydrogen (secondary N) is 1. The molecule has 0 atom stereocenters. The Morgan fingerprint density at radius 3 is 2.95 bits per heavy atom. The lowest BCUT2D eigenvalue weighted by molar-refractivity contribution is 0.0924. The highest BCUT2D eigenvalue weighted by Gasteiger charge is 2.17. The average molecular weight is 266 g/mol. The fraction of sp³-hybridized carbons (Fsp3) is 0.615. The van der Waals surface area contributed by atoms with Crippen LogP contribution < -0.4 is 11.3 Å². The molecule has 0 aliphatic carbocycles. The van der Waals surface area contributed by atoms with Gasteiger partial charge in [0.15, 0.2) is 5.76 Å². The second kappa shape index (κ2) is 6.18. The molecule has 2 rings (SSSR count). The number of carbonyl (C=O) groups excluding carboxylic acids is 1. The molecule has 1 saturated heterocycles. The molecule has 6 heteroatoms. The normalized spacial score (nSPS) is 18.3. The molecule has 0 spiro atoms. The van der Waals surface area contributed by atoms with Crippen LogP contribution in [0.15, 0.2) is 10.5 Å². The molecule has 1 aromatic rings. The second-order valence-corrected chi connectivity index (χ2v) is 5.10. The van der Waals surface area contributed by atoms with E-state index in [1.165, 1.54) is 6.42 Å². The summed E-state index contributed by atoms with van der Waals surface area (Å²) >= 11 is 0. The first-order valence-electron chi connectivity index (χ1n) is 6.61. The number of rotatable bonds is 3. The molecule has 0 radical (unpaired) electrons. The number of hydrogen-bond acceptors (Lipinski definition) is 5. The molecule has 6 nitrogen and oxygen atoms in total. The lowest BCUT2D eigenvalue weighted by Crippen LogP contribution is -2.29. The monoisotopic (exact) mass is 266 g/mol. The smallest absolute Gasteiger partial charge is 0.300 e. The zero-order valence-electron chi connectivity index (χ0n) is 11.6. The van der Waals surface area contributed by atoms with E-state index in [2.05, 4.69) is 22.3 Å². The highest BCUT2D eigenvalue weighted by atomic mass is 16.4. The maximum atomic E-state index is 11.4. The van der Waals surface area contributed by atoms with Gasteiger partial charge >= 0.3 is 5.91 Å². The van der Waals surface area contributed by atoms with Gasteiger partial charge in [0.25, 0.3) is 0 Å². The van der Waals surface area contributed by atoms with E-state index in [1.807, 2.05) is 6.92 Å². The number of hydrazine groups is 1. The maximum absolute atomic E-state index is 11.4. The van der Waals surface area contributed by atoms with E-state index in [9.17, 15) is 4.79 Å². The van der Waals surface area contributed by atoms with Crippen LogP contribution in [0.3, 0.4) is 0 Å². The Morgan fingerprint density at radius 1 is 1.42 bits per heavy atom. The lowest BCUT2D eigenvalue weighted by Gasteiger charge is -2.19. The second-order valence-electron chi connectivity index (χ2n) is 5.10. The average Bonchev–Trinajstić information content (AvgIpc) is 2.62. The van der Waals surface area contributed by atoms with Crippen molar-refractivity contribution in [1.82, 2.24) is 15.2 Å². The zero-order chi connectivity index (χ0) is 13.8. The minimum atomic E-state index is -0.384. The first kappa shape index (κ1) is 14.0. The lowest BCUT2D eigenvalue weighted by atomic mass is 10.2. The third-order valence-electron chi connectivity index (χ3n) is 3.58. The van der Waals surface area contributed by atoms with Crippen molar-refractivity contribution >= 4 is 5.91 Å². The van der Waals surface area contributed by atoms with Crippen molar-refractivity contribution < 1.29 is 9.21 Å². The van der Waals surface area contributed by atoms with E-state index in [1.54, 1.807) is 6.07 Å². The number of nitrogen functional groups attached to an aromatic ring is 1. The number of furan rings is 1. The van der Waals surface area contributed by atoms with Gasteiger partial charge in [0.05, 0.1) is 0 Å². The van der Waals surface area contributed by atoms with E-state index >= 15 is 0 Å². The maximum Gasteiger partial charge on any atom is 0.300 e. The molecule has 0 unspecified atom stereocenters. The SMILES string of the molecule is Cc1oc(C(=O)NN)cc1CN1CCCN(C)CC1. The molecule has 2 heterocycles. The summed E-state index contributed by atoms with van der Waals surface area (Å²) in [5, 5.41) is 0. The van der Waals surface area contributed by atoms with Crippen LogP contribution in [0, 0.1) is 6.92 Å². The van der Waals surface area contributed by atoms with Crippen LogP contribution in [-0.2, 0) is 6.54 Å². The van der Waals surface area contributed by atoms with Gasteiger partial charge in [0.1, 0.15) is 5.76 Å². The summed E-state index contributed by atoms with van der Waals surface area (Å²) in [6, 6.07) is 1.78. The van der Waals surface area contributed by atoms with Gasteiger partial charge in [-0.25, -0.2) is 5.84 Å². The van der Waals surface area contributed by atoms with Crippen molar-refractivity contribution in [2.24, 2.45) is 5.84 Å². The summed E-state index contributed by atoms with van der Waals surface area (Å²) < 4.78 is 5.43. The number of carbonyl (C=O) groups is 1. The van der Waals surface area contributed by atoms with Crippen LogP contribution in [0.5, 0.6) is 0 Å². The third kappa shape index (κ3) is 3.56. The molecule has 1 fully saturated rings. The summed E-state index contributed by atoms with van der Waals surface area (Å²) in [5.74, 6) is 5.79. The molecule has 1 aliphatic rings. The highest BCUT2D eigenvalue weighted by molar-refractivity contribution is 5.91. The largest absolute Gasteiger partial charge is 0.456 e. The van der Waals surface area contributed by atoms with E-state index < -0.39 is 0 Å². The zero-order valence-corrected chi connectivity index (χ0v) is 11.6. The third-order valence-corrected chi connectivity index (χ3v) is 3.58. The van der Waals surface area contributed by atoms with Gasteiger partial charge in [-0.3, -0.25) is 15.1 Å². The summed E-state index contributed by atoms with van der Waals surface area (Å²) in [7, 11) is 2.15. The number of nitrogens with zero attached hydrogens (tertiary/aromatic N) is 2. The van der Waals surface area contributed by atoms with Gasteiger partial charge < -0.3 is 9.32 Å². The molecule has 1 aliphatic heterocycles. The molecule has 0 aromatic carbocycles. The summed E-state index contributed by atoms with van der Waals surface area (Å²) in [4.78, 5) is 16.2. The molecule has 1 amide bonds. The number of aryl methyl sites for hydroxylation is 1. The van der Waals surface area contributed by atoms with E-state index in [-0.39, 0.29) is 11.7 Å². The summed E-state index contributed by atoms with van der Waals surface area (Å²) in [6.07, 6.45) is 1.17. The van der Waals surface area contributed by atoms with Crippen LogP contribution in [0.1, 0.15) is 28.3 Å². The van der Waals surface area contributed by atoms with Crippen molar-refractivity contribution in [3.05, 3.63) is 23.2 Å². The van der Waals surface area contributed by atoms with Gasteiger partial charge in [-0.15, -0.1) is 0 Å². The number of amides is 1. The number of likely N-dealkylation sites (N-methyl/N-ethyl adjacent to an activating group) is 1. The Morgan fingerprint density at radius 2 is 2.21 bits per heavy atom. The van der Waals surface area contributed by atoms with Crippen LogP contribution >= 0.6 is 0 Å². The molecule has 3 N–H and O–H groups in total. The predicted molar refractivity (Wildman–Crippen MR) is 72.5 cm³/mol. The van der Waals surface area contributed by atoms with Crippen LogP contribution in [0.25, 0.3) is 0 Å². The standard InChI is InChI=1S/C13H22N4O2/c1-10-11(8-12(19-10)13(18)15-14)9-17-5-3-4-16(2)6-7-17/h8H,3-7,9,14H2,1-2H3,(H,15,18). The minimum Gasteiger partial charge on any atom is -0.456 e. The Balaban J connectivity index is 2.02. The number of hydrogen-bond donors (Lipinski definition) is 2. The summed E-state index contributed by atoms with van der Waals surface area (Å²) in [5.41, 5.74) is 3.15. The number of nitrogens with two attached hydrogens (primary N) is 1. The van der Waals surface area contributed by atoms with Crippen LogP contribution in [0.4, 0.5) is 0 Å². The molecule has 19 heavy (non-hydrogen) atoms. The predicted octanol–water partition coefficient (Wildman–Crippen LogP) is 0.329. The van der Waals surface area contributed by atoms with Gasteiger partial charge in [-0.1, -0.05) is 0 Å². The quantitative estimate of drug-likeness (QED) is 0.468. The minimum absolute atomic E-state index is 0.280. The Kier molecular flexibility index (Phi) is 4.57. The van der Waals surface area contributed by atoms with Crippen molar-refractivity contribution in [1.29, 1.82) is 0 Å². The summed E-state index contributed by atoms with van der Waals surface area (Å²) in [6.45, 7) is 7.04. The van der Waals surface area contributed by atoms with Gasteiger partial charge in [-0.05, 0) is 39.5 Å². The van der Waals surface area contributed by atoms with E-state index in [0.717, 1.165) is 44.0 Å². The first-order valence-corrected chi connectivity index (χ1v) is 6.61. The van der Waals surface area contributed by atoms with E-state index in [4.69, 9.17) is 10.3 Å². The molecular weight excluding hydrogens is 244 g/mol. The van der Waals surface area contributed by atoms with Crippen molar-refractivity contribution in [3.63, 3.8) is 0 Å². The Bertz CT molecular complexity index is 444. The Hall–Kier alpha value is -1.37. The van der Waals surface area contributed by atoms with Crippen LogP contribution in [-0.4, -0.2) is 48.9 Å². The fourth-order valence-electron chi connectivity index (χ4n) is 2.36. The van der Waals surface area contributed by atoms with Crippen molar-refractivity contribution in [2.45, 2.75) is 19.9 Å². The topological polar surface area (TPSA) is 74.7 Å². The van der Waals surface area contributed by atoms with Crippen molar-refractivity contribution in [2.75, 3.05) is 33.2 Å². The molecule has 1 aromatic heterocycles. The van der Waals surface area contributed by atoms with Crippen LogP contribution in [0.2, 0.25) is 0 Å². The molecule has 106 valence electrons. The van der Waals surface area contributed by atoms with Gasteiger partial charge in [0, 0.05) is 25.2 Å². The van der Waals surface area contributed by atoms with Crippen molar-refractivity contribution in [3.8, 4) is 0 Å².